The molecule has 0 bridgehead atoms. The molecule has 0 aromatic heterocycles. The van der Waals surface area contributed by atoms with Crippen LogP contribution in [0.1, 0.15) is 101 Å². The molecule has 0 nitrogen and oxygen atoms in total. The molecule has 1 aliphatic carbocycles. The zero-order chi connectivity index (χ0) is 35.6. The molecule has 0 saturated carbocycles. The quantitative estimate of drug-likeness (QED) is 0.159. The third-order valence-corrected chi connectivity index (χ3v) is 10.1. The second kappa shape index (κ2) is 14.0. The van der Waals surface area contributed by atoms with Gasteiger partial charge in [0.25, 0.3) is 0 Å². The fourth-order valence-electron chi connectivity index (χ4n) is 7.23. The van der Waals surface area contributed by atoms with Crippen LogP contribution in [0.5, 0.6) is 0 Å². The van der Waals surface area contributed by atoms with Gasteiger partial charge < -0.3 is 0 Å². The Morgan fingerprint density at radius 2 is 1.33 bits per heavy atom. The first-order chi connectivity index (χ1) is 23.3. The lowest BCUT2D eigenvalue weighted by Crippen LogP contribution is -2.25. The highest BCUT2D eigenvalue weighted by atomic mass is 14.5. The number of rotatable bonds is 9. The molecular weight excluding hydrogens is 589 g/mol. The Kier molecular flexibility index (Phi) is 10.2. The van der Waals surface area contributed by atoms with Crippen LogP contribution < -0.4 is 0 Å². The summed E-state index contributed by atoms with van der Waals surface area (Å²) in [6, 6.07) is 30.2. The van der Waals surface area contributed by atoms with Gasteiger partial charge in [-0.15, -0.1) is 0 Å². The van der Waals surface area contributed by atoms with E-state index in [0.717, 1.165) is 12.0 Å². The monoisotopic (exact) mass is 642 g/mol. The van der Waals surface area contributed by atoms with Crippen molar-refractivity contribution in [2.24, 2.45) is 0 Å². The third-order valence-electron chi connectivity index (χ3n) is 10.1. The average molecular weight is 643 g/mol. The second-order valence-corrected chi connectivity index (χ2v) is 15.6. The fourth-order valence-corrected chi connectivity index (χ4v) is 7.23. The van der Waals surface area contributed by atoms with E-state index in [2.05, 4.69) is 184 Å². The van der Waals surface area contributed by atoms with Crippen LogP contribution in [0.15, 0.2) is 146 Å². The van der Waals surface area contributed by atoms with Crippen LogP contribution in [0, 0.1) is 0 Å². The molecule has 1 atom stereocenters. The summed E-state index contributed by atoms with van der Waals surface area (Å²) in [6.45, 7) is 28.8. The number of allylic oxidation sites excluding steroid dienone is 10. The van der Waals surface area contributed by atoms with Crippen molar-refractivity contribution in [3.8, 4) is 22.3 Å². The van der Waals surface area contributed by atoms with Crippen molar-refractivity contribution in [3.63, 3.8) is 0 Å². The van der Waals surface area contributed by atoms with Gasteiger partial charge in [0, 0.05) is 5.41 Å². The normalized spacial score (nSPS) is 16.7. The molecule has 5 rings (SSSR count). The van der Waals surface area contributed by atoms with Crippen LogP contribution >= 0.6 is 0 Å². The summed E-state index contributed by atoms with van der Waals surface area (Å²) in [5, 5.41) is 0. The SMILES string of the molecule is C=C/C(=C\C=C/C)c1ccc(Cc2cccc(-c3cc4c(cc3C(C)(C)C)C(C)(/C(C=C)=C/C=C\C)c3cc(C(C)(C)C)ccc3-4)c2)cc1. The first-order valence-electron chi connectivity index (χ1n) is 17.7. The Morgan fingerprint density at radius 1 is 0.653 bits per heavy atom. The molecule has 4 aromatic carbocycles. The van der Waals surface area contributed by atoms with Crippen LogP contribution in [0.3, 0.4) is 0 Å². The summed E-state index contributed by atoms with van der Waals surface area (Å²) in [5.74, 6) is 0. The van der Waals surface area contributed by atoms with E-state index in [0.29, 0.717) is 0 Å². The molecule has 0 fully saturated rings. The van der Waals surface area contributed by atoms with Crippen molar-refractivity contribution in [2.45, 2.75) is 85.0 Å². The van der Waals surface area contributed by atoms with E-state index in [9.17, 15) is 0 Å². The van der Waals surface area contributed by atoms with Crippen LogP contribution in [0.25, 0.3) is 27.8 Å². The van der Waals surface area contributed by atoms with E-state index >= 15 is 0 Å². The molecule has 1 aliphatic rings. The minimum absolute atomic E-state index is 0.0472. The van der Waals surface area contributed by atoms with E-state index in [-0.39, 0.29) is 16.2 Å². The van der Waals surface area contributed by atoms with Gasteiger partial charge in [0.15, 0.2) is 0 Å². The molecule has 0 radical (unpaired) electrons. The lowest BCUT2D eigenvalue weighted by atomic mass is 9.70. The highest BCUT2D eigenvalue weighted by molar-refractivity contribution is 5.88. The van der Waals surface area contributed by atoms with Gasteiger partial charge in [-0.25, -0.2) is 0 Å². The maximum Gasteiger partial charge on any atom is 0.0435 e. The highest BCUT2D eigenvalue weighted by Gasteiger charge is 2.43. The zero-order valence-electron chi connectivity index (χ0n) is 31.2. The Hall–Kier alpha value is -4.68. The first-order valence-corrected chi connectivity index (χ1v) is 17.7. The van der Waals surface area contributed by atoms with Crippen molar-refractivity contribution in [1.29, 1.82) is 0 Å². The minimum atomic E-state index is -0.326. The van der Waals surface area contributed by atoms with Crippen LogP contribution in [-0.2, 0) is 22.7 Å². The lowest BCUT2D eigenvalue weighted by molar-refractivity contribution is 0.585. The van der Waals surface area contributed by atoms with Crippen molar-refractivity contribution >= 4 is 5.57 Å². The molecule has 49 heavy (non-hydrogen) atoms. The largest absolute Gasteiger partial charge is 0.0987 e. The van der Waals surface area contributed by atoms with Crippen molar-refractivity contribution in [1.82, 2.24) is 0 Å². The Morgan fingerprint density at radius 3 is 1.94 bits per heavy atom. The van der Waals surface area contributed by atoms with Gasteiger partial charge in [0.05, 0.1) is 0 Å². The summed E-state index contributed by atoms with van der Waals surface area (Å²) < 4.78 is 0. The molecule has 0 spiro atoms. The zero-order valence-corrected chi connectivity index (χ0v) is 31.2. The lowest BCUT2D eigenvalue weighted by Gasteiger charge is -2.32. The summed E-state index contributed by atoms with van der Waals surface area (Å²) in [6.07, 6.45) is 17.5. The summed E-state index contributed by atoms with van der Waals surface area (Å²) in [5.41, 5.74) is 16.4. The summed E-state index contributed by atoms with van der Waals surface area (Å²) in [4.78, 5) is 0. The maximum atomic E-state index is 4.32. The molecule has 0 saturated heterocycles. The predicted molar refractivity (Wildman–Crippen MR) is 216 cm³/mol. The van der Waals surface area contributed by atoms with E-state index in [1.165, 1.54) is 66.8 Å². The topological polar surface area (TPSA) is 0 Å². The number of hydrogen-bond donors (Lipinski definition) is 0. The molecule has 1 unspecified atom stereocenters. The summed E-state index contributed by atoms with van der Waals surface area (Å²) >= 11 is 0. The highest BCUT2D eigenvalue weighted by Crippen LogP contribution is 2.56. The second-order valence-electron chi connectivity index (χ2n) is 15.6. The predicted octanol–water partition coefficient (Wildman–Crippen LogP) is 13.7. The van der Waals surface area contributed by atoms with Gasteiger partial charge in [-0.05, 0) is 116 Å². The van der Waals surface area contributed by atoms with Crippen LogP contribution in [0.4, 0.5) is 0 Å². The number of fused-ring (bicyclic) bond motifs is 3. The Balaban J connectivity index is 1.65. The first kappa shape index (κ1) is 35.6. The molecular formula is C49H54. The van der Waals surface area contributed by atoms with Gasteiger partial charge in [0.2, 0.25) is 0 Å². The van der Waals surface area contributed by atoms with Crippen molar-refractivity contribution in [3.05, 3.63) is 185 Å². The molecule has 0 heteroatoms. The molecule has 0 amide bonds. The molecule has 250 valence electrons. The van der Waals surface area contributed by atoms with Crippen molar-refractivity contribution in [2.75, 3.05) is 0 Å². The van der Waals surface area contributed by atoms with Gasteiger partial charge in [-0.3, -0.25) is 0 Å². The molecule has 0 N–H and O–H groups in total. The Bertz CT molecular complexity index is 1990. The molecule has 4 aromatic rings. The standard InChI is InChI=1S/C49H54/c1-12-16-20-36(14-3)37-25-23-34(24-26-37)29-35-19-18-21-38(30-35)42-32-43-41-28-27-40(47(5,6)7)31-45(41)49(11,39(15-4)22-17-13-2)46(43)33-44(42)48(8,9)10/h12-28,30-33H,3-4,29H2,1-2,5-11H3/b16-12-,17-13-,36-20+,39-22+. The van der Waals surface area contributed by atoms with Crippen LogP contribution in [0.2, 0.25) is 0 Å². The van der Waals surface area contributed by atoms with Crippen molar-refractivity contribution < 1.29 is 0 Å². The molecule has 0 heterocycles. The van der Waals surface area contributed by atoms with Gasteiger partial charge >= 0.3 is 0 Å². The Labute approximate surface area is 297 Å². The van der Waals surface area contributed by atoms with E-state index < -0.39 is 0 Å². The molecule has 0 aliphatic heterocycles. The van der Waals surface area contributed by atoms with E-state index in [4.69, 9.17) is 0 Å². The van der Waals surface area contributed by atoms with Crippen LogP contribution in [-0.4, -0.2) is 0 Å². The van der Waals surface area contributed by atoms with Gasteiger partial charge in [-0.1, -0.05) is 176 Å². The van der Waals surface area contributed by atoms with E-state index in [1.807, 2.05) is 19.1 Å². The van der Waals surface area contributed by atoms with Gasteiger partial charge in [-0.2, -0.15) is 0 Å². The minimum Gasteiger partial charge on any atom is -0.0987 e. The fraction of sp³-hybridized carbons (Fsp3) is 0.265. The third kappa shape index (κ3) is 7.06. The smallest absolute Gasteiger partial charge is 0.0435 e. The summed E-state index contributed by atoms with van der Waals surface area (Å²) in [7, 11) is 0. The average Bonchev–Trinajstić information content (AvgIpc) is 3.32. The number of hydrogen-bond acceptors (Lipinski definition) is 0. The van der Waals surface area contributed by atoms with Gasteiger partial charge in [0.1, 0.15) is 0 Å². The maximum absolute atomic E-state index is 4.32. The number of benzene rings is 4. The van der Waals surface area contributed by atoms with E-state index in [1.54, 1.807) is 0 Å².